The molecule has 0 radical (unpaired) electrons. The SMILES string of the molecule is c1cc(-c2ccnc(N3CCCC3)n2)n(C2CCOCC2)c1. The Hall–Kier alpha value is -1.88. The molecule has 0 saturated carbocycles. The van der Waals surface area contributed by atoms with Gasteiger partial charge < -0.3 is 14.2 Å². The second kappa shape index (κ2) is 6.08. The van der Waals surface area contributed by atoms with Crippen molar-refractivity contribution in [2.24, 2.45) is 0 Å². The number of nitrogens with zero attached hydrogens (tertiary/aromatic N) is 4. The van der Waals surface area contributed by atoms with E-state index in [1.165, 1.54) is 18.5 Å². The third-order valence-electron chi connectivity index (χ3n) is 4.66. The van der Waals surface area contributed by atoms with Crippen molar-refractivity contribution in [3.8, 4) is 11.4 Å². The van der Waals surface area contributed by atoms with E-state index in [0.29, 0.717) is 6.04 Å². The van der Waals surface area contributed by atoms with Crippen molar-refractivity contribution in [1.29, 1.82) is 0 Å². The van der Waals surface area contributed by atoms with Crippen molar-refractivity contribution in [2.75, 3.05) is 31.2 Å². The highest BCUT2D eigenvalue weighted by Crippen LogP contribution is 2.28. The predicted molar refractivity (Wildman–Crippen MR) is 86.0 cm³/mol. The van der Waals surface area contributed by atoms with E-state index in [1.807, 2.05) is 12.3 Å². The fraction of sp³-hybridized carbons (Fsp3) is 0.529. The molecule has 4 rings (SSSR count). The third-order valence-corrected chi connectivity index (χ3v) is 4.66. The van der Waals surface area contributed by atoms with Crippen molar-refractivity contribution in [1.82, 2.24) is 14.5 Å². The van der Waals surface area contributed by atoms with Crippen LogP contribution in [0.5, 0.6) is 0 Å². The Bertz CT molecular complexity index is 627. The molecule has 2 aliphatic heterocycles. The van der Waals surface area contributed by atoms with Gasteiger partial charge in [0.2, 0.25) is 5.95 Å². The van der Waals surface area contributed by atoms with E-state index in [-0.39, 0.29) is 0 Å². The van der Waals surface area contributed by atoms with Crippen LogP contribution in [0, 0.1) is 0 Å². The molecule has 0 atom stereocenters. The maximum atomic E-state index is 5.48. The van der Waals surface area contributed by atoms with Crippen molar-refractivity contribution < 1.29 is 4.74 Å². The van der Waals surface area contributed by atoms with Crippen LogP contribution in [0.3, 0.4) is 0 Å². The molecule has 0 aliphatic carbocycles. The highest BCUT2D eigenvalue weighted by atomic mass is 16.5. The quantitative estimate of drug-likeness (QED) is 0.874. The van der Waals surface area contributed by atoms with Crippen LogP contribution < -0.4 is 4.90 Å². The topological polar surface area (TPSA) is 43.2 Å². The molecule has 116 valence electrons. The maximum Gasteiger partial charge on any atom is 0.225 e. The summed E-state index contributed by atoms with van der Waals surface area (Å²) < 4.78 is 7.84. The monoisotopic (exact) mass is 298 g/mol. The number of aromatic nitrogens is 3. The van der Waals surface area contributed by atoms with Crippen LogP contribution in [0.2, 0.25) is 0 Å². The van der Waals surface area contributed by atoms with Crippen LogP contribution >= 0.6 is 0 Å². The van der Waals surface area contributed by atoms with E-state index in [0.717, 1.165) is 50.8 Å². The Morgan fingerprint density at radius 2 is 1.91 bits per heavy atom. The van der Waals surface area contributed by atoms with Gasteiger partial charge in [0.25, 0.3) is 0 Å². The lowest BCUT2D eigenvalue weighted by Crippen LogP contribution is -2.21. The molecule has 0 bridgehead atoms. The molecule has 2 aromatic rings. The van der Waals surface area contributed by atoms with Crippen LogP contribution in [0.15, 0.2) is 30.6 Å². The first-order chi connectivity index (χ1) is 10.9. The zero-order chi connectivity index (χ0) is 14.8. The summed E-state index contributed by atoms with van der Waals surface area (Å²) in [6, 6.07) is 6.81. The maximum absolute atomic E-state index is 5.48. The first-order valence-electron chi connectivity index (χ1n) is 8.25. The Morgan fingerprint density at radius 1 is 1.09 bits per heavy atom. The van der Waals surface area contributed by atoms with Gasteiger partial charge in [0.05, 0.1) is 11.4 Å². The number of hydrogen-bond acceptors (Lipinski definition) is 4. The Balaban J connectivity index is 1.64. The van der Waals surface area contributed by atoms with Crippen molar-refractivity contribution in [3.63, 3.8) is 0 Å². The van der Waals surface area contributed by atoms with Crippen molar-refractivity contribution in [3.05, 3.63) is 30.6 Å². The first kappa shape index (κ1) is 13.8. The van der Waals surface area contributed by atoms with Gasteiger partial charge in [-0.2, -0.15) is 0 Å². The van der Waals surface area contributed by atoms with Crippen LogP contribution in [0.1, 0.15) is 31.7 Å². The molecule has 0 unspecified atom stereocenters. The normalized spacial score (nSPS) is 19.7. The van der Waals surface area contributed by atoms with Gasteiger partial charge in [0.15, 0.2) is 0 Å². The molecule has 0 N–H and O–H groups in total. The molecule has 5 nitrogen and oxygen atoms in total. The molecule has 0 spiro atoms. The number of rotatable bonds is 3. The van der Waals surface area contributed by atoms with E-state index >= 15 is 0 Å². The van der Waals surface area contributed by atoms with Crippen molar-refractivity contribution in [2.45, 2.75) is 31.7 Å². The molecule has 4 heterocycles. The molecule has 2 aliphatic rings. The lowest BCUT2D eigenvalue weighted by atomic mass is 10.1. The highest BCUT2D eigenvalue weighted by Gasteiger charge is 2.20. The van der Waals surface area contributed by atoms with Gasteiger partial charge >= 0.3 is 0 Å². The molecule has 0 aromatic carbocycles. The fourth-order valence-electron chi connectivity index (χ4n) is 3.45. The standard InChI is InChI=1S/C17H22N4O/c1-2-10-20(9-1)17-18-8-5-15(19-17)16-4-3-11-21(16)14-6-12-22-13-7-14/h3-5,8,11,14H,1-2,6-7,9-10,12-13H2. The number of ether oxygens (including phenoxy) is 1. The minimum atomic E-state index is 0.518. The summed E-state index contributed by atoms with van der Waals surface area (Å²) in [6.07, 6.45) is 8.69. The molecule has 0 amide bonds. The second-order valence-corrected chi connectivity index (χ2v) is 6.08. The van der Waals surface area contributed by atoms with E-state index < -0.39 is 0 Å². The van der Waals surface area contributed by atoms with Gasteiger partial charge in [-0.15, -0.1) is 0 Å². The van der Waals surface area contributed by atoms with E-state index in [2.05, 4.69) is 32.8 Å². The van der Waals surface area contributed by atoms with Crippen LogP contribution in [0.25, 0.3) is 11.4 Å². The molecular weight excluding hydrogens is 276 g/mol. The zero-order valence-electron chi connectivity index (χ0n) is 12.8. The molecular formula is C17H22N4O. The fourth-order valence-corrected chi connectivity index (χ4v) is 3.45. The predicted octanol–water partition coefficient (Wildman–Crippen LogP) is 2.90. The second-order valence-electron chi connectivity index (χ2n) is 6.08. The van der Waals surface area contributed by atoms with Crippen LogP contribution in [-0.4, -0.2) is 40.8 Å². The lowest BCUT2D eigenvalue weighted by Gasteiger charge is -2.25. The van der Waals surface area contributed by atoms with Crippen LogP contribution in [-0.2, 0) is 4.74 Å². The number of hydrogen-bond donors (Lipinski definition) is 0. The van der Waals surface area contributed by atoms with Gasteiger partial charge in [-0.25, -0.2) is 9.97 Å². The summed E-state index contributed by atoms with van der Waals surface area (Å²) in [5.41, 5.74) is 2.21. The summed E-state index contributed by atoms with van der Waals surface area (Å²) >= 11 is 0. The van der Waals surface area contributed by atoms with Gasteiger partial charge in [-0.3, -0.25) is 0 Å². The lowest BCUT2D eigenvalue weighted by molar-refractivity contribution is 0.0701. The molecule has 2 fully saturated rings. The van der Waals surface area contributed by atoms with Gasteiger partial charge in [-0.05, 0) is 43.9 Å². The summed E-state index contributed by atoms with van der Waals surface area (Å²) in [6.45, 7) is 3.85. The minimum absolute atomic E-state index is 0.518. The van der Waals surface area contributed by atoms with E-state index in [1.54, 1.807) is 0 Å². The van der Waals surface area contributed by atoms with Crippen LogP contribution in [0.4, 0.5) is 5.95 Å². The molecule has 2 aromatic heterocycles. The van der Waals surface area contributed by atoms with E-state index in [9.17, 15) is 0 Å². The van der Waals surface area contributed by atoms with Gasteiger partial charge in [0.1, 0.15) is 0 Å². The number of anilines is 1. The average molecular weight is 298 g/mol. The molecule has 2 saturated heterocycles. The zero-order valence-corrected chi connectivity index (χ0v) is 12.8. The average Bonchev–Trinajstić information content (AvgIpc) is 3.27. The minimum Gasteiger partial charge on any atom is -0.381 e. The van der Waals surface area contributed by atoms with Crippen molar-refractivity contribution >= 4 is 5.95 Å². The smallest absolute Gasteiger partial charge is 0.225 e. The van der Waals surface area contributed by atoms with Gasteiger partial charge in [-0.1, -0.05) is 0 Å². The summed E-state index contributed by atoms with van der Waals surface area (Å²) in [5.74, 6) is 0.870. The Labute approximate surface area is 130 Å². The largest absolute Gasteiger partial charge is 0.381 e. The Morgan fingerprint density at radius 3 is 2.73 bits per heavy atom. The molecule has 5 heteroatoms. The molecule has 22 heavy (non-hydrogen) atoms. The third kappa shape index (κ3) is 2.61. The summed E-state index contributed by atoms with van der Waals surface area (Å²) in [4.78, 5) is 11.6. The first-order valence-corrected chi connectivity index (χ1v) is 8.25. The summed E-state index contributed by atoms with van der Waals surface area (Å²) in [5, 5.41) is 0. The van der Waals surface area contributed by atoms with Gasteiger partial charge in [0, 0.05) is 44.7 Å². The summed E-state index contributed by atoms with van der Waals surface area (Å²) in [7, 11) is 0. The highest BCUT2D eigenvalue weighted by molar-refractivity contribution is 5.57. The van der Waals surface area contributed by atoms with E-state index in [4.69, 9.17) is 9.72 Å². The Kier molecular flexibility index (Phi) is 3.81.